The Kier molecular flexibility index (Phi) is 2.12. The third-order valence-electron chi connectivity index (χ3n) is 3.06. The third-order valence-corrected chi connectivity index (χ3v) is 4.30. The maximum atomic E-state index is 5.64. The number of rotatable bonds is 0. The van der Waals surface area contributed by atoms with Crippen molar-refractivity contribution in [3.8, 4) is 5.00 Å². The second-order valence-electron chi connectivity index (χ2n) is 4.06. The van der Waals surface area contributed by atoms with E-state index in [0.29, 0.717) is 13.2 Å². The molecule has 0 bridgehead atoms. The summed E-state index contributed by atoms with van der Waals surface area (Å²) >= 11 is 1.79. The molecule has 0 fully saturated rings. The molecule has 3 heterocycles. The molecule has 0 saturated carbocycles. The fourth-order valence-electron chi connectivity index (χ4n) is 2.01. The lowest BCUT2D eigenvalue weighted by atomic mass is 10.2. The zero-order chi connectivity index (χ0) is 11.3. The van der Waals surface area contributed by atoms with Crippen molar-refractivity contribution in [3.05, 3.63) is 27.7 Å². The number of hydrogen-bond donors (Lipinski definition) is 0. The van der Waals surface area contributed by atoms with Gasteiger partial charge in [-0.05, 0) is 26.3 Å². The minimum absolute atomic E-state index is 0.542. The molecular weight excluding hydrogens is 222 g/mol. The van der Waals surface area contributed by atoms with Crippen LogP contribution in [-0.2, 0) is 18.0 Å². The maximum absolute atomic E-state index is 5.64. The molecule has 1 aliphatic rings. The molecule has 3 rings (SSSR count). The summed E-state index contributed by atoms with van der Waals surface area (Å²) in [5.41, 5.74) is 2.62. The van der Waals surface area contributed by atoms with Gasteiger partial charge in [0.05, 0.1) is 6.61 Å². The van der Waals surface area contributed by atoms with Crippen LogP contribution in [0.2, 0.25) is 0 Å². The van der Waals surface area contributed by atoms with Crippen LogP contribution in [0.15, 0.2) is 0 Å². The lowest BCUT2D eigenvalue weighted by molar-refractivity contribution is 0.105. The molecule has 2 aromatic heterocycles. The molecule has 0 N–H and O–H groups in total. The molecule has 16 heavy (non-hydrogen) atoms. The van der Waals surface area contributed by atoms with Gasteiger partial charge in [0, 0.05) is 10.4 Å². The lowest BCUT2D eigenvalue weighted by Gasteiger charge is -2.03. The van der Waals surface area contributed by atoms with Gasteiger partial charge < -0.3 is 4.74 Å². The van der Waals surface area contributed by atoms with E-state index in [-0.39, 0.29) is 0 Å². The summed E-state index contributed by atoms with van der Waals surface area (Å²) in [4.78, 5) is 1.34. The van der Waals surface area contributed by atoms with Crippen LogP contribution in [0.5, 0.6) is 0 Å². The van der Waals surface area contributed by atoms with E-state index in [2.05, 4.69) is 28.6 Å². The Morgan fingerprint density at radius 1 is 1.19 bits per heavy atom. The van der Waals surface area contributed by atoms with E-state index in [9.17, 15) is 0 Å². The average molecular weight is 235 g/mol. The normalized spacial score (nSPS) is 14.4. The summed E-state index contributed by atoms with van der Waals surface area (Å²) in [6, 6.07) is 0. The predicted octanol–water partition coefficient (Wildman–Crippen LogP) is 2.28. The Morgan fingerprint density at radius 2 is 2.00 bits per heavy atom. The Morgan fingerprint density at radius 3 is 2.81 bits per heavy atom. The maximum Gasteiger partial charge on any atom is 0.164 e. The Hall–Kier alpha value is -1.20. The number of ether oxygens (including phenoxy) is 1. The fraction of sp³-hybridized carbons (Fsp3) is 0.455. The summed E-state index contributed by atoms with van der Waals surface area (Å²) in [5, 5.41) is 9.49. The van der Waals surface area contributed by atoms with Gasteiger partial charge >= 0.3 is 0 Å². The second-order valence-corrected chi connectivity index (χ2v) is 5.26. The number of nitrogens with zero attached hydrogens (tertiary/aromatic N) is 3. The number of aromatic nitrogens is 3. The van der Waals surface area contributed by atoms with Crippen molar-refractivity contribution in [1.82, 2.24) is 14.8 Å². The summed E-state index contributed by atoms with van der Waals surface area (Å²) < 4.78 is 7.76. The van der Waals surface area contributed by atoms with Gasteiger partial charge in [-0.1, -0.05) is 0 Å². The van der Waals surface area contributed by atoms with Crippen LogP contribution in [0, 0.1) is 20.8 Å². The minimum Gasteiger partial charge on any atom is -0.369 e. The molecule has 0 amide bonds. The van der Waals surface area contributed by atoms with Crippen LogP contribution in [0.4, 0.5) is 0 Å². The standard InChI is InChI=1S/C11H13N3OS/c1-6-7(2)16-11-9(6)4-15-5-10-13-12-8(3)14(10)11/h4-5H2,1-3H3. The van der Waals surface area contributed by atoms with Crippen molar-refractivity contribution >= 4 is 11.3 Å². The average Bonchev–Trinajstić information content (AvgIpc) is 2.67. The van der Waals surface area contributed by atoms with E-state index in [0.717, 1.165) is 11.6 Å². The molecule has 0 aliphatic carbocycles. The Bertz CT molecular complexity index is 556. The van der Waals surface area contributed by atoms with Gasteiger partial charge in [0.2, 0.25) is 0 Å². The molecule has 0 unspecified atom stereocenters. The zero-order valence-corrected chi connectivity index (χ0v) is 10.4. The van der Waals surface area contributed by atoms with Gasteiger partial charge in [-0.15, -0.1) is 21.5 Å². The first-order valence-corrected chi connectivity index (χ1v) is 6.08. The van der Waals surface area contributed by atoms with Crippen molar-refractivity contribution in [2.24, 2.45) is 0 Å². The van der Waals surface area contributed by atoms with Gasteiger partial charge in [-0.25, -0.2) is 0 Å². The number of fused-ring (bicyclic) bond motifs is 3. The SMILES string of the molecule is Cc1sc2c(c1C)COCc1nnc(C)n1-2. The fourth-order valence-corrected chi connectivity index (χ4v) is 3.25. The molecule has 0 atom stereocenters. The first kappa shape index (κ1) is 9.99. The van der Waals surface area contributed by atoms with Gasteiger partial charge in [-0.2, -0.15) is 0 Å². The van der Waals surface area contributed by atoms with Crippen molar-refractivity contribution in [2.75, 3.05) is 0 Å². The number of hydrogen-bond acceptors (Lipinski definition) is 4. The van der Waals surface area contributed by atoms with Gasteiger partial charge in [-0.3, -0.25) is 4.57 Å². The second kappa shape index (κ2) is 3.40. The Labute approximate surface area is 97.9 Å². The lowest BCUT2D eigenvalue weighted by Crippen LogP contribution is -2.00. The molecule has 2 aromatic rings. The topological polar surface area (TPSA) is 39.9 Å². The summed E-state index contributed by atoms with van der Waals surface area (Å²) in [7, 11) is 0. The van der Waals surface area contributed by atoms with Crippen molar-refractivity contribution in [3.63, 3.8) is 0 Å². The highest BCUT2D eigenvalue weighted by Crippen LogP contribution is 2.34. The molecule has 1 aliphatic heterocycles. The van der Waals surface area contributed by atoms with Crippen molar-refractivity contribution < 1.29 is 4.74 Å². The van der Waals surface area contributed by atoms with Crippen LogP contribution >= 0.6 is 11.3 Å². The molecule has 84 valence electrons. The van der Waals surface area contributed by atoms with Crippen LogP contribution < -0.4 is 0 Å². The quantitative estimate of drug-likeness (QED) is 0.703. The molecule has 5 heteroatoms. The molecule has 4 nitrogen and oxygen atoms in total. The monoisotopic (exact) mass is 235 g/mol. The largest absolute Gasteiger partial charge is 0.369 e. The number of aryl methyl sites for hydroxylation is 2. The highest BCUT2D eigenvalue weighted by atomic mass is 32.1. The van der Waals surface area contributed by atoms with Crippen LogP contribution in [0.3, 0.4) is 0 Å². The molecule has 0 spiro atoms. The third kappa shape index (κ3) is 1.25. The van der Waals surface area contributed by atoms with Crippen LogP contribution in [0.25, 0.3) is 5.00 Å². The first-order valence-electron chi connectivity index (χ1n) is 5.26. The van der Waals surface area contributed by atoms with E-state index in [4.69, 9.17) is 4.74 Å². The molecular formula is C11H13N3OS. The van der Waals surface area contributed by atoms with E-state index >= 15 is 0 Å². The van der Waals surface area contributed by atoms with Gasteiger partial charge in [0.15, 0.2) is 5.82 Å². The van der Waals surface area contributed by atoms with E-state index in [1.54, 1.807) is 11.3 Å². The van der Waals surface area contributed by atoms with E-state index in [1.165, 1.54) is 21.0 Å². The smallest absolute Gasteiger partial charge is 0.164 e. The summed E-state index contributed by atoms with van der Waals surface area (Å²) in [6.07, 6.45) is 0. The van der Waals surface area contributed by atoms with E-state index in [1.807, 2.05) is 6.92 Å². The number of thiophene rings is 1. The highest BCUT2D eigenvalue weighted by Gasteiger charge is 2.22. The van der Waals surface area contributed by atoms with Crippen LogP contribution in [-0.4, -0.2) is 14.8 Å². The first-order chi connectivity index (χ1) is 7.68. The van der Waals surface area contributed by atoms with Gasteiger partial charge in [0.1, 0.15) is 17.4 Å². The summed E-state index contributed by atoms with van der Waals surface area (Å²) in [5.74, 6) is 1.83. The van der Waals surface area contributed by atoms with Crippen molar-refractivity contribution in [2.45, 2.75) is 34.0 Å². The van der Waals surface area contributed by atoms with E-state index < -0.39 is 0 Å². The minimum atomic E-state index is 0.542. The molecule has 0 aromatic carbocycles. The molecule has 0 radical (unpaired) electrons. The van der Waals surface area contributed by atoms with Gasteiger partial charge in [0.25, 0.3) is 0 Å². The molecule has 0 saturated heterocycles. The van der Waals surface area contributed by atoms with Crippen LogP contribution in [0.1, 0.15) is 27.7 Å². The highest BCUT2D eigenvalue weighted by molar-refractivity contribution is 7.14. The predicted molar refractivity (Wildman–Crippen MR) is 61.9 cm³/mol. The zero-order valence-electron chi connectivity index (χ0n) is 9.57. The summed E-state index contributed by atoms with van der Waals surface area (Å²) in [6.45, 7) is 7.50. The Balaban J connectivity index is 2.32. The van der Waals surface area contributed by atoms with Crippen molar-refractivity contribution in [1.29, 1.82) is 0 Å².